The maximum atomic E-state index is 13.1. The summed E-state index contributed by atoms with van der Waals surface area (Å²) in [4.78, 5) is 19.2. The summed E-state index contributed by atoms with van der Waals surface area (Å²) in [5.41, 5.74) is 2.13. The number of para-hydroxylation sites is 1. The number of nitrogens with zero attached hydrogens (tertiary/aromatic N) is 4. The summed E-state index contributed by atoms with van der Waals surface area (Å²) in [5.74, 6) is -0.127. The van der Waals surface area contributed by atoms with E-state index in [9.17, 15) is 4.79 Å². The lowest BCUT2D eigenvalue weighted by Gasteiger charge is -2.22. The predicted molar refractivity (Wildman–Crippen MR) is 119 cm³/mol. The summed E-state index contributed by atoms with van der Waals surface area (Å²) < 4.78 is 1.05. The topological polar surface area (TPSA) is 84.7 Å². The first-order valence-electron chi connectivity index (χ1n) is 9.76. The number of hydrogen-bond acceptors (Lipinski definition) is 6. The SMILES string of the molecule is O=C(N[C@H]1CCC[C@H]1Nc1nc2ccc(Cl)cc2s1)c1ccccc1-n1nccn1. The van der Waals surface area contributed by atoms with Gasteiger partial charge in [0.1, 0.15) is 0 Å². The Morgan fingerprint density at radius 2 is 1.90 bits per heavy atom. The van der Waals surface area contributed by atoms with Crippen LogP contribution in [0.5, 0.6) is 0 Å². The minimum atomic E-state index is -0.127. The molecular weight excluding hydrogens is 420 g/mol. The Balaban J connectivity index is 1.33. The summed E-state index contributed by atoms with van der Waals surface area (Å²) in [6.45, 7) is 0. The molecule has 2 heterocycles. The van der Waals surface area contributed by atoms with Crippen LogP contribution in [0.25, 0.3) is 15.9 Å². The van der Waals surface area contributed by atoms with E-state index in [4.69, 9.17) is 11.6 Å². The fraction of sp³-hybridized carbons (Fsp3) is 0.238. The van der Waals surface area contributed by atoms with E-state index in [-0.39, 0.29) is 18.0 Å². The Labute approximate surface area is 182 Å². The van der Waals surface area contributed by atoms with Crippen LogP contribution in [0.1, 0.15) is 29.6 Å². The van der Waals surface area contributed by atoms with E-state index in [1.54, 1.807) is 29.8 Å². The number of amides is 1. The Morgan fingerprint density at radius 3 is 2.77 bits per heavy atom. The van der Waals surface area contributed by atoms with Gasteiger partial charge in [-0.1, -0.05) is 35.1 Å². The molecule has 2 aromatic heterocycles. The molecule has 1 saturated carbocycles. The maximum Gasteiger partial charge on any atom is 0.253 e. The van der Waals surface area contributed by atoms with Crippen molar-refractivity contribution in [1.29, 1.82) is 0 Å². The monoisotopic (exact) mass is 438 g/mol. The standard InChI is InChI=1S/C21H19ClN6OS/c22-13-8-9-17-19(12-13)30-21(27-17)26-16-6-3-5-15(16)25-20(29)14-4-1-2-7-18(14)28-23-10-11-24-28/h1-2,4,7-12,15-16H,3,5-6H2,(H,25,29)(H,26,27)/t15-,16+/m0/s1. The molecule has 2 aromatic carbocycles. The Hall–Kier alpha value is -2.97. The predicted octanol–water partition coefficient (Wildman–Crippen LogP) is 4.29. The van der Waals surface area contributed by atoms with Crippen LogP contribution in [0.2, 0.25) is 5.02 Å². The van der Waals surface area contributed by atoms with Gasteiger partial charge < -0.3 is 10.6 Å². The number of anilines is 1. The van der Waals surface area contributed by atoms with E-state index in [2.05, 4.69) is 25.8 Å². The van der Waals surface area contributed by atoms with Gasteiger partial charge in [-0.25, -0.2) is 4.98 Å². The van der Waals surface area contributed by atoms with Gasteiger partial charge in [-0.15, -0.1) is 0 Å². The van der Waals surface area contributed by atoms with Gasteiger partial charge in [0.05, 0.1) is 33.9 Å². The highest BCUT2D eigenvalue weighted by atomic mass is 35.5. The average Bonchev–Trinajstić information content (AvgIpc) is 3.49. The Bertz CT molecular complexity index is 1190. The van der Waals surface area contributed by atoms with Crippen molar-refractivity contribution in [3.63, 3.8) is 0 Å². The smallest absolute Gasteiger partial charge is 0.253 e. The van der Waals surface area contributed by atoms with Crippen LogP contribution in [-0.2, 0) is 0 Å². The quantitative estimate of drug-likeness (QED) is 0.485. The number of nitrogens with one attached hydrogen (secondary N) is 2. The van der Waals surface area contributed by atoms with Crippen LogP contribution in [0.15, 0.2) is 54.9 Å². The molecule has 2 N–H and O–H groups in total. The van der Waals surface area contributed by atoms with Crippen LogP contribution in [0.4, 0.5) is 5.13 Å². The number of aromatic nitrogens is 4. The van der Waals surface area contributed by atoms with Crippen molar-refractivity contribution in [3.8, 4) is 5.69 Å². The molecule has 1 aliphatic rings. The van der Waals surface area contributed by atoms with Crippen molar-refractivity contribution < 1.29 is 4.79 Å². The normalized spacial score (nSPS) is 18.6. The zero-order valence-electron chi connectivity index (χ0n) is 16.0. The number of hydrogen-bond donors (Lipinski definition) is 2. The molecule has 30 heavy (non-hydrogen) atoms. The number of thiazole rings is 1. The molecule has 1 fully saturated rings. The first-order valence-corrected chi connectivity index (χ1v) is 11.0. The van der Waals surface area contributed by atoms with Crippen molar-refractivity contribution in [2.75, 3.05) is 5.32 Å². The third-order valence-electron chi connectivity index (χ3n) is 5.27. The molecule has 7 nitrogen and oxygen atoms in total. The highest BCUT2D eigenvalue weighted by molar-refractivity contribution is 7.22. The van der Waals surface area contributed by atoms with Gasteiger partial charge in [-0.3, -0.25) is 4.79 Å². The van der Waals surface area contributed by atoms with Crippen molar-refractivity contribution in [3.05, 3.63) is 65.4 Å². The number of benzene rings is 2. The van der Waals surface area contributed by atoms with Crippen LogP contribution in [0.3, 0.4) is 0 Å². The third-order valence-corrected chi connectivity index (χ3v) is 6.46. The van der Waals surface area contributed by atoms with E-state index in [1.807, 2.05) is 36.4 Å². The lowest BCUT2D eigenvalue weighted by atomic mass is 10.1. The van der Waals surface area contributed by atoms with Crippen LogP contribution in [-0.4, -0.2) is 38.0 Å². The molecule has 4 aromatic rings. The molecule has 1 amide bonds. The fourth-order valence-electron chi connectivity index (χ4n) is 3.85. The minimum absolute atomic E-state index is 0.0201. The first kappa shape index (κ1) is 19.0. The zero-order valence-corrected chi connectivity index (χ0v) is 17.5. The molecule has 0 spiro atoms. The number of fused-ring (bicyclic) bond motifs is 1. The van der Waals surface area contributed by atoms with E-state index in [0.29, 0.717) is 16.3 Å². The first-order chi connectivity index (χ1) is 14.7. The lowest BCUT2D eigenvalue weighted by molar-refractivity contribution is 0.0935. The molecule has 5 rings (SSSR count). The van der Waals surface area contributed by atoms with E-state index < -0.39 is 0 Å². The number of carbonyl (C=O) groups is 1. The van der Waals surface area contributed by atoms with Gasteiger partial charge in [-0.2, -0.15) is 15.0 Å². The second-order valence-electron chi connectivity index (χ2n) is 7.23. The van der Waals surface area contributed by atoms with Gasteiger partial charge in [0.15, 0.2) is 5.13 Å². The molecular formula is C21H19ClN6OS. The average molecular weight is 439 g/mol. The molecule has 0 bridgehead atoms. The lowest BCUT2D eigenvalue weighted by Crippen LogP contribution is -2.43. The molecule has 1 aliphatic carbocycles. The number of rotatable bonds is 5. The summed E-state index contributed by atoms with van der Waals surface area (Å²) in [7, 11) is 0. The third kappa shape index (κ3) is 3.76. The number of halogens is 1. The largest absolute Gasteiger partial charge is 0.357 e. The highest BCUT2D eigenvalue weighted by Gasteiger charge is 2.30. The number of carbonyl (C=O) groups excluding carboxylic acids is 1. The molecule has 152 valence electrons. The van der Waals surface area contributed by atoms with Gasteiger partial charge in [-0.05, 0) is 49.6 Å². The van der Waals surface area contributed by atoms with Crippen LogP contribution < -0.4 is 10.6 Å². The molecule has 0 aliphatic heterocycles. The summed E-state index contributed by atoms with van der Waals surface area (Å²) in [5, 5.41) is 16.6. The van der Waals surface area contributed by atoms with E-state index in [1.165, 1.54) is 4.80 Å². The molecule has 9 heteroatoms. The van der Waals surface area contributed by atoms with Gasteiger partial charge >= 0.3 is 0 Å². The second kappa shape index (κ2) is 8.04. The highest BCUT2D eigenvalue weighted by Crippen LogP contribution is 2.31. The molecule has 0 unspecified atom stereocenters. The van der Waals surface area contributed by atoms with Gasteiger partial charge in [0, 0.05) is 17.1 Å². The molecule has 0 radical (unpaired) electrons. The van der Waals surface area contributed by atoms with Crippen molar-refractivity contribution in [1.82, 2.24) is 25.3 Å². The Morgan fingerprint density at radius 1 is 1.10 bits per heavy atom. The van der Waals surface area contributed by atoms with Gasteiger partial charge in [0.2, 0.25) is 0 Å². The van der Waals surface area contributed by atoms with Crippen LogP contribution in [0, 0.1) is 0 Å². The van der Waals surface area contributed by atoms with Crippen molar-refractivity contribution >= 4 is 44.2 Å². The van der Waals surface area contributed by atoms with Crippen LogP contribution >= 0.6 is 22.9 Å². The van der Waals surface area contributed by atoms with Crippen molar-refractivity contribution in [2.45, 2.75) is 31.3 Å². The van der Waals surface area contributed by atoms with E-state index >= 15 is 0 Å². The Kier molecular flexibility index (Phi) is 5.10. The van der Waals surface area contributed by atoms with E-state index in [0.717, 1.165) is 34.6 Å². The van der Waals surface area contributed by atoms with Gasteiger partial charge in [0.25, 0.3) is 5.91 Å². The van der Waals surface area contributed by atoms with Crippen molar-refractivity contribution in [2.24, 2.45) is 0 Å². The zero-order chi connectivity index (χ0) is 20.5. The second-order valence-corrected chi connectivity index (χ2v) is 8.70. The minimum Gasteiger partial charge on any atom is -0.357 e. The molecule has 2 atom stereocenters. The maximum absolute atomic E-state index is 13.1. The fourth-order valence-corrected chi connectivity index (χ4v) is 5.05. The molecule has 0 saturated heterocycles. The summed E-state index contributed by atoms with van der Waals surface area (Å²) in [6, 6.07) is 13.2. The summed E-state index contributed by atoms with van der Waals surface area (Å²) in [6.07, 6.45) is 6.13. The summed E-state index contributed by atoms with van der Waals surface area (Å²) >= 11 is 7.66.